The van der Waals surface area contributed by atoms with Crippen LogP contribution in [0.15, 0.2) is 109 Å². The fraction of sp³-hybridized carbons (Fsp3) is 0.692. The quantitative estimate of drug-likeness (QED) is 0.0345. The van der Waals surface area contributed by atoms with Gasteiger partial charge in [-0.05, 0) is 96.3 Å². The number of allylic oxidation sites excluding steroid dienone is 18. The zero-order valence-electron chi connectivity index (χ0n) is 46.0. The first-order valence-corrected chi connectivity index (χ1v) is 29.4. The van der Waals surface area contributed by atoms with E-state index in [4.69, 9.17) is 14.2 Å². The van der Waals surface area contributed by atoms with Crippen LogP contribution in [0, 0.1) is 0 Å². The zero-order chi connectivity index (χ0) is 50.6. The van der Waals surface area contributed by atoms with Gasteiger partial charge in [-0.25, -0.2) is 0 Å². The predicted octanol–water partition coefficient (Wildman–Crippen LogP) is 20.3. The Kier molecular flexibility index (Phi) is 56.9. The molecule has 0 aliphatic carbocycles. The van der Waals surface area contributed by atoms with Gasteiger partial charge < -0.3 is 14.2 Å². The van der Waals surface area contributed by atoms with Crippen molar-refractivity contribution in [3.63, 3.8) is 0 Å². The highest BCUT2D eigenvalue weighted by Crippen LogP contribution is 2.16. The molecule has 0 radical (unpaired) electrons. The molecule has 70 heavy (non-hydrogen) atoms. The van der Waals surface area contributed by atoms with Crippen molar-refractivity contribution in [1.82, 2.24) is 0 Å². The number of ether oxygens (including phenoxy) is 3. The number of unbranched alkanes of at least 4 members (excludes halogenated alkanes) is 24. The third-order valence-corrected chi connectivity index (χ3v) is 12.3. The molecule has 0 aromatic rings. The lowest BCUT2D eigenvalue weighted by atomic mass is 10.0. The SMILES string of the molecule is CC/C=C\C/C=C\C/C=C\C/C=C\C/C=C\CCCC(=O)OCC(COCCCCCCCCC/C=C\C/C=C\C/C=C\C/C=C\CC)OC(=O)CCCCCCCCCCCCCCCCCCC. The van der Waals surface area contributed by atoms with Gasteiger partial charge in [0.15, 0.2) is 6.10 Å². The maximum Gasteiger partial charge on any atom is 0.306 e. The van der Waals surface area contributed by atoms with Crippen molar-refractivity contribution in [3.8, 4) is 0 Å². The molecule has 5 heteroatoms. The standard InChI is InChI=1S/C65H110O5/c1-4-7-10-13-16-19-22-25-28-31-32-33-36-39-42-45-48-51-54-57-60-68-61-63(70-65(67)59-56-53-50-47-44-41-38-35-30-27-24-21-18-15-12-9-6-3)62-69-64(66)58-55-52-49-46-43-40-37-34-29-26-23-20-17-14-11-8-5-2/h7-8,10-11,16-17,19-20,25-26,28-29,32-33,37,40,46,49,63H,4-6,9,12-15,18,21-24,27,30-31,34-36,38-39,41-45,47-48,50-62H2,1-3H3/b10-7-,11-8-,19-16-,20-17-,28-25-,29-26-,33-32-,40-37-,49-46-. The molecule has 0 amide bonds. The molecule has 0 saturated carbocycles. The summed E-state index contributed by atoms with van der Waals surface area (Å²) in [5.74, 6) is -0.467. The summed E-state index contributed by atoms with van der Waals surface area (Å²) in [5.41, 5.74) is 0. The second-order valence-corrected chi connectivity index (χ2v) is 19.1. The highest BCUT2D eigenvalue weighted by Gasteiger charge is 2.17. The molecule has 0 N–H and O–H groups in total. The third-order valence-electron chi connectivity index (χ3n) is 12.3. The van der Waals surface area contributed by atoms with Gasteiger partial charge in [-0.2, -0.15) is 0 Å². The van der Waals surface area contributed by atoms with E-state index in [2.05, 4.69) is 130 Å². The van der Waals surface area contributed by atoms with E-state index in [-0.39, 0.29) is 25.2 Å². The Morgan fingerprint density at radius 2 is 0.657 bits per heavy atom. The molecule has 1 unspecified atom stereocenters. The maximum atomic E-state index is 12.9. The van der Waals surface area contributed by atoms with Crippen LogP contribution < -0.4 is 0 Å². The van der Waals surface area contributed by atoms with Gasteiger partial charge in [0.2, 0.25) is 0 Å². The Balaban J connectivity index is 4.38. The molecule has 0 spiro atoms. The smallest absolute Gasteiger partial charge is 0.306 e. The van der Waals surface area contributed by atoms with Crippen molar-refractivity contribution < 1.29 is 23.8 Å². The van der Waals surface area contributed by atoms with Gasteiger partial charge in [0.05, 0.1) is 6.61 Å². The van der Waals surface area contributed by atoms with Crippen LogP contribution in [0.3, 0.4) is 0 Å². The van der Waals surface area contributed by atoms with E-state index in [0.29, 0.717) is 19.4 Å². The fourth-order valence-corrected chi connectivity index (χ4v) is 8.01. The Morgan fingerprint density at radius 3 is 1.07 bits per heavy atom. The molecule has 0 bridgehead atoms. The second-order valence-electron chi connectivity index (χ2n) is 19.1. The number of carbonyl (C=O) groups excluding carboxylic acids is 2. The summed E-state index contributed by atoms with van der Waals surface area (Å²) < 4.78 is 17.4. The van der Waals surface area contributed by atoms with Crippen LogP contribution in [-0.4, -0.2) is 37.9 Å². The third kappa shape index (κ3) is 57.1. The number of carbonyl (C=O) groups is 2. The van der Waals surface area contributed by atoms with Crippen LogP contribution in [0.1, 0.15) is 265 Å². The van der Waals surface area contributed by atoms with Gasteiger partial charge in [0.1, 0.15) is 6.61 Å². The Morgan fingerprint density at radius 1 is 0.329 bits per heavy atom. The van der Waals surface area contributed by atoms with Crippen LogP contribution in [0.2, 0.25) is 0 Å². The monoisotopic (exact) mass is 971 g/mol. The minimum atomic E-state index is -0.571. The molecule has 0 aliphatic heterocycles. The van der Waals surface area contributed by atoms with Crippen molar-refractivity contribution in [1.29, 1.82) is 0 Å². The molecular formula is C65H110O5. The van der Waals surface area contributed by atoms with Crippen LogP contribution in [0.4, 0.5) is 0 Å². The van der Waals surface area contributed by atoms with Gasteiger partial charge in [0.25, 0.3) is 0 Å². The number of hydrogen-bond donors (Lipinski definition) is 0. The van der Waals surface area contributed by atoms with E-state index in [0.717, 1.165) is 103 Å². The lowest BCUT2D eigenvalue weighted by Gasteiger charge is -2.18. The first-order chi connectivity index (χ1) is 34.6. The van der Waals surface area contributed by atoms with Gasteiger partial charge >= 0.3 is 11.9 Å². The highest BCUT2D eigenvalue weighted by molar-refractivity contribution is 5.70. The van der Waals surface area contributed by atoms with Gasteiger partial charge in [-0.1, -0.05) is 265 Å². The molecule has 0 aromatic heterocycles. The van der Waals surface area contributed by atoms with Crippen molar-refractivity contribution in [2.45, 2.75) is 271 Å². The van der Waals surface area contributed by atoms with Crippen molar-refractivity contribution in [2.75, 3.05) is 19.8 Å². The van der Waals surface area contributed by atoms with Crippen LogP contribution in [0.5, 0.6) is 0 Å². The van der Waals surface area contributed by atoms with Crippen LogP contribution in [-0.2, 0) is 23.8 Å². The molecule has 5 nitrogen and oxygen atoms in total. The van der Waals surface area contributed by atoms with E-state index < -0.39 is 6.10 Å². The maximum absolute atomic E-state index is 12.9. The minimum Gasteiger partial charge on any atom is -0.462 e. The summed E-state index contributed by atoms with van der Waals surface area (Å²) in [4.78, 5) is 25.5. The zero-order valence-corrected chi connectivity index (χ0v) is 46.0. The molecule has 0 heterocycles. The van der Waals surface area contributed by atoms with Crippen molar-refractivity contribution in [3.05, 3.63) is 109 Å². The molecular weight excluding hydrogens is 861 g/mol. The van der Waals surface area contributed by atoms with Gasteiger partial charge in [-0.3, -0.25) is 9.59 Å². The largest absolute Gasteiger partial charge is 0.462 e. The number of rotatable bonds is 53. The molecule has 0 saturated heterocycles. The van der Waals surface area contributed by atoms with E-state index in [1.165, 1.54) is 128 Å². The number of hydrogen-bond acceptors (Lipinski definition) is 5. The first-order valence-electron chi connectivity index (χ1n) is 29.4. The topological polar surface area (TPSA) is 61.8 Å². The molecule has 0 aromatic carbocycles. The summed E-state index contributed by atoms with van der Waals surface area (Å²) in [6, 6.07) is 0. The Hall–Kier alpha value is -3.44. The molecule has 400 valence electrons. The minimum absolute atomic E-state index is 0.0478. The first kappa shape index (κ1) is 66.6. The number of esters is 2. The average Bonchev–Trinajstić information content (AvgIpc) is 3.36. The van der Waals surface area contributed by atoms with Gasteiger partial charge in [-0.15, -0.1) is 0 Å². The van der Waals surface area contributed by atoms with Crippen LogP contribution >= 0.6 is 0 Å². The van der Waals surface area contributed by atoms with E-state index in [9.17, 15) is 9.59 Å². The molecule has 1 atom stereocenters. The predicted molar refractivity (Wildman–Crippen MR) is 306 cm³/mol. The Labute approximate surface area is 434 Å². The Bertz CT molecular complexity index is 1380. The van der Waals surface area contributed by atoms with Crippen molar-refractivity contribution in [2.24, 2.45) is 0 Å². The normalized spacial score (nSPS) is 13.0. The van der Waals surface area contributed by atoms with E-state index >= 15 is 0 Å². The highest BCUT2D eigenvalue weighted by atomic mass is 16.6. The summed E-state index contributed by atoms with van der Waals surface area (Å²) in [6.07, 6.45) is 82.6. The van der Waals surface area contributed by atoms with Crippen LogP contribution in [0.25, 0.3) is 0 Å². The molecule has 0 rings (SSSR count). The van der Waals surface area contributed by atoms with Crippen molar-refractivity contribution >= 4 is 11.9 Å². The van der Waals surface area contributed by atoms with E-state index in [1.807, 2.05) is 0 Å². The lowest BCUT2D eigenvalue weighted by Crippen LogP contribution is -2.30. The van der Waals surface area contributed by atoms with Gasteiger partial charge in [0, 0.05) is 19.4 Å². The lowest BCUT2D eigenvalue weighted by molar-refractivity contribution is -0.163. The summed E-state index contributed by atoms with van der Waals surface area (Å²) in [6.45, 7) is 7.54. The summed E-state index contributed by atoms with van der Waals surface area (Å²) >= 11 is 0. The molecule has 0 fully saturated rings. The second kappa shape index (κ2) is 59.9. The summed E-state index contributed by atoms with van der Waals surface area (Å²) in [7, 11) is 0. The average molecular weight is 972 g/mol. The summed E-state index contributed by atoms with van der Waals surface area (Å²) in [5, 5.41) is 0. The fourth-order valence-electron chi connectivity index (χ4n) is 8.01. The van der Waals surface area contributed by atoms with E-state index in [1.54, 1.807) is 0 Å². The molecule has 0 aliphatic rings.